The smallest absolute Gasteiger partial charge is 0.149 e. The summed E-state index contributed by atoms with van der Waals surface area (Å²) in [7, 11) is 0. The predicted octanol–water partition coefficient (Wildman–Crippen LogP) is 4.36. The van der Waals surface area contributed by atoms with Gasteiger partial charge in [0.25, 0.3) is 0 Å². The molecule has 0 radical (unpaired) electrons. The molecule has 0 aliphatic carbocycles. The van der Waals surface area contributed by atoms with Gasteiger partial charge in [-0.05, 0) is 29.7 Å². The Labute approximate surface area is 135 Å². The number of pyridine rings is 1. The summed E-state index contributed by atoms with van der Waals surface area (Å²) in [5, 5.41) is 0.728. The Kier molecular flexibility index (Phi) is 4.47. The van der Waals surface area contributed by atoms with Crippen LogP contribution >= 0.6 is 0 Å². The number of aromatic nitrogens is 1. The molecule has 0 aliphatic rings. The van der Waals surface area contributed by atoms with Crippen molar-refractivity contribution in [2.75, 3.05) is 0 Å². The highest BCUT2D eigenvalue weighted by molar-refractivity contribution is 5.85. The van der Waals surface area contributed by atoms with E-state index in [9.17, 15) is 9.18 Å². The monoisotopic (exact) mass is 307 g/mol. The third kappa shape index (κ3) is 3.62. The van der Waals surface area contributed by atoms with E-state index in [0.717, 1.165) is 22.9 Å². The van der Waals surface area contributed by atoms with E-state index in [2.05, 4.69) is 4.98 Å². The largest absolute Gasteiger partial charge is 0.299 e. The van der Waals surface area contributed by atoms with E-state index in [4.69, 9.17) is 0 Å². The Bertz CT molecular complexity index is 829. The van der Waals surface area contributed by atoms with Crippen molar-refractivity contribution in [3.63, 3.8) is 0 Å². The van der Waals surface area contributed by atoms with Gasteiger partial charge in [0, 0.05) is 23.9 Å². The summed E-state index contributed by atoms with van der Waals surface area (Å²) in [5.74, 6) is -0.218. The van der Waals surface area contributed by atoms with Crippen LogP contribution in [0, 0.1) is 11.7 Å². The zero-order valence-corrected chi connectivity index (χ0v) is 13.0. The number of ketones is 1. The van der Waals surface area contributed by atoms with Crippen molar-refractivity contribution in [1.29, 1.82) is 0 Å². The topological polar surface area (TPSA) is 30.0 Å². The number of benzene rings is 2. The van der Waals surface area contributed by atoms with E-state index in [0.29, 0.717) is 11.9 Å². The summed E-state index contributed by atoms with van der Waals surface area (Å²) in [6.45, 7) is 1.95. The molecular formula is C20H18FNO. The minimum absolute atomic E-state index is 0.0550. The lowest BCUT2D eigenvalue weighted by atomic mass is 9.93. The Balaban J connectivity index is 1.72. The molecule has 0 saturated heterocycles. The van der Waals surface area contributed by atoms with E-state index in [1.807, 2.05) is 49.4 Å². The van der Waals surface area contributed by atoms with E-state index in [1.165, 1.54) is 6.07 Å². The molecule has 0 spiro atoms. The molecule has 1 unspecified atom stereocenters. The summed E-state index contributed by atoms with van der Waals surface area (Å²) in [6, 6.07) is 16.7. The lowest BCUT2D eigenvalue weighted by Gasteiger charge is -2.11. The highest BCUT2D eigenvalue weighted by atomic mass is 19.1. The highest BCUT2D eigenvalue weighted by Gasteiger charge is 2.15. The summed E-state index contributed by atoms with van der Waals surface area (Å²) < 4.78 is 13.6. The van der Waals surface area contributed by atoms with Gasteiger partial charge in [0.1, 0.15) is 17.1 Å². The molecule has 0 saturated carbocycles. The van der Waals surface area contributed by atoms with Crippen LogP contribution in [-0.2, 0) is 17.6 Å². The fraction of sp³-hybridized carbons (Fsp3) is 0.200. The Morgan fingerprint density at radius 3 is 2.65 bits per heavy atom. The van der Waals surface area contributed by atoms with Crippen molar-refractivity contribution in [2.24, 2.45) is 5.92 Å². The molecule has 3 aromatic rings. The first-order valence-electron chi connectivity index (χ1n) is 7.73. The lowest BCUT2D eigenvalue weighted by Crippen LogP contribution is -2.16. The lowest BCUT2D eigenvalue weighted by molar-refractivity contribution is -0.121. The number of carbonyl (C=O) groups is 1. The quantitative estimate of drug-likeness (QED) is 0.701. The third-order valence-electron chi connectivity index (χ3n) is 4.03. The number of hydrogen-bond donors (Lipinski definition) is 0. The number of Topliss-reactive ketones (excluding diaryl/α,β-unsaturated/α-hetero) is 1. The van der Waals surface area contributed by atoms with Gasteiger partial charge < -0.3 is 0 Å². The molecule has 0 N–H and O–H groups in total. The molecule has 116 valence electrons. The number of nitrogens with zero attached hydrogens (tertiary/aromatic N) is 1. The summed E-state index contributed by atoms with van der Waals surface area (Å²) >= 11 is 0. The minimum Gasteiger partial charge on any atom is -0.299 e. The molecule has 23 heavy (non-hydrogen) atoms. The molecule has 1 aromatic heterocycles. The second-order valence-electron chi connectivity index (χ2n) is 5.89. The average Bonchev–Trinajstić information content (AvgIpc) is 2.56. The molecule has 0 bridgehead atoms. The molecule has 3 rings (SSSR count). The SMILES string of the molecule is CC(Cc1ccccc1)C(=O)Cc1cnc2c(F)cccc2c1. The molecule has 2 nitrogen and oxygen atoms in total. The van der Waals surface area contributed by atoms with Crippen molar-refractivity contribution in [3.8, 4) is 0 Å². The van der Waals surface area contributed by atoms with Gasteiger partial charge in [0.15, 0.2) is 0 Å². The number of halogens is 1. The maximum absolute atomic E-state index is 13.6. The van der Waals surface area contributed by atoms with E-state index in [-0.39, 0.29) is 17.5 Å². The Morgan fingerprint density at radius 2 is 1.87 bits per heavy atom. The van der Waals surface area contributed by atoms with Crippen molar-refractivity contribution in [3.05, 3.63) is 77.7 Å². The van der Waals surface area contributed by atoms with Crippen LogP contribution in [0.5, 0.6) is 0 Å². The van der Waals surface area contributed by atoms with E-state index in [1.54, 1.807) is 12.3 Å². The van der Waals surface area contributed by atoms with Crippen molar-refractivity contribution < 1.29 is 9.18 Å². The zero-order chi connectivity index (χ0) is 16.2. The van der Waals surface area contributed by atoms with Gasteiger partial charge in [0.05, 0.1) is 0 Å². The van der Waals surface area contributed by atoms with Crippen LogP contribution in [0.15, 0.2) is 60.8 Å². The molecule has 1 heterocycles. The van der Waals surface area contributed by atoms with Gasteiger partial charge in [0.2, 0.25) is 0 Å². The van der Waals surface area contributed by atoms with Crippen LogP contribution in [0.25, 0.3) is 10.9 Å². The average molecular weight is 307 g/mol. The van der Waals surface area contributed by atoms with Gasteiger partial charge in [-0.3, -0.25) is 9.78 Å². The number of carbonyl (C=O) groups excluding carboxylic acids is 1. The first kappa shape index (κ1) is 15.3. The van der Waals surface area contributed by atoms with Gasteiger partial charge in [-0.2, -0.15) is 0 Å². The van der Waals surface area contributed by atoms with Crippen LogP contribution in [0.4, 0.5) is 4.39 Å². The second-order valence-corrected chi connectivity index (χ2v) is 5.89. The van der Waals surface area contributed by atoms with Crippen LogP contribution in [0.1, 0.15) is 18.1 Å². The molecule has 0 aliphatic heterocycles. The number of hydrogen-bond acceptors (Lipinski definition) is 2. The molecule has 0 fully saturated rings. The fourth-order valence-electron chi connectivity index (χ4n) is 2.72. The molecule has 0 amide bonds. The summed E-state index contributed by atoms with van der Waals surface area (Å²) in [6.07, 6.45) is 2.65. The Hall–Kier alpha value is -2.55. The van der Waals surface area contributed by atoms with Crippen LogP contribution in [-0.4, -0.2) is 10.8 Å². The van der Waals surface area contributed by atoms with Crippen molar-refractivity contribution in [2.45, 2.75) is 19.8 Å². The van der Waals surface area contributed by atoms with Crippen LogP contribution in [0.3, 0.4) is 0 Å². The summed E-state index contributed by atoms with van der Waals surface area (Å²) in [5.41, 5.74) is 2.33. The normalized spacial score (nSPS) is 12.3. The number of rotatable bonds is 5. The molecular weight excluding hydrogens is 289 g/mol. The maximum Gasteiger partial charge on any atom is 0.149 e. The van der Waals surface area contributed by atoms with Crippen molar-refractivity contribution in [1.82, 2.24) is 4.98 Å². The maximum atomic E-state index is 13.6. The summed E-state index contributed by atoms with van der Waals surface area (Å²) in [4.78, 5) is 16.6. The first-order valence-corrected chi connectivity index (χ1v) is 7.73. The van der Waals surface area contributed by atoms with Gasteiger partial charge in [-0.25, -0.2) is 4.39 Å². The number of fused-ring (bicyclic) bond motifs is 1. The second kappa shape index (κ2) is 6.69. The van der Waals surface area contributed by atoms with E-state index < -0.39 is 0 Å². The van der Waals surface area contributed by atoms with Crippen LogP contribution in [0.2, 0.25) is 0 Å². The minimum atomic E-state index is -0.335. The molecule has 2 aromatic carbocycles. The van der Waals surface area contributed by atoms with Gasteiger partial charge in [-0.15, -0.1) is 0 Å². The van der Waals surface area contributed by atoms with Crippen molar-refractivity contribution >= 4 is 16.7 Å². The molecule has 1 atom stereocenters. The molecule has 3 heteroatoms. The first-order chi connectivity index (χ1) is 11.1. The highest BCUT2D eigenvalue weighted by Crippen LogP contribution is 2.18. The van der Waals surface area contributed by atoms with E-state index >= 15 is 0 Å². The van der Waals surface area contributed by atoms with Gasteiger partial charge in [-0.1, -0.05) is 49.4 Å². The zero-order valence-electron chi connectivity index (χ0n) is 13.0. The standard InChI is InChI=1S/C20H18FNO/c1-14(10-15-6-3-2-4-7-15)19(23)12-16-11-17-8-5-9-18(21)20(17)22-13-16/h2-9,11,13-14H,10,12H2,1H3. The number of para-hydroxylation sites is 1. The predicted molar refractivity (Wildman–Crippen MR) is 89.7 cm³/mol. The van der Waals surface area contributed by atoms with Gasteiger partial charge >= 0.3 is 0 Å². The van der Waals surface area contributed by atoms with Crippen LogP contribution < -0.4 is 0 Å². The fourth-order valence-corrected chi connectivity index (χ4v) is 2.72. The third-order valence-corrected chi connectivity index (χ3v) is 4.03. The Morgan fingerprint density at radius 1 is 1.09 bits per heavy atom.